The zero-order chi connectivity index (χ0) is 11.8. The maximum absolute atomic E-state index is 11.2. The monoisotopic (exact) mass is 302 g/mol. The summed E-state index contributed by atoms with van der Waals surface area (Å²) in [4.78, 5) is 4.30. The Balaban J connectivity index is 2.11. The number of halogens is 1. The molecule has 2 heterocycles. The van der Waals surface area contributed by atoms with Gasteiger partial charge in [-0.05, 0) is 41.1 Å². The predicted octanol–water partition coefficient (Wildman–Crippen LogP) is 1.88. The van der Waals surface area contributed by atoms with E-state index in [1.807, 2.05) is 19.1 Å². The number of nitrogens with zero attached hydrogens (tertiary/aromatic N) is 1. The van der Waals surface area contributed by atoms with Crippen molar-refractivity contribution in [3.8, 4) is 0 Å². The minimum atomic E-state index is -3.01. The second kappa shape index (κ2) is 4.18. The molecule has 4 nitrogen and oxygen atoms in total. The summed E-state index contributed by atoms with van der Waals surface area (Å²) in [6.45, 7) is 1.89. The standard InChI is InChI=1S/C10H11BrN2O2S/c1-7-9(11)2-3-10(12-7)13-8-4-5-16(14,15)6-8/h2-5,8H,6H2,1H3,(H,12,13). The second-order valence-corrected chi connectivity index (χ2v) is 6.46. The van der Waals surface area contributed by atoms with Gasteiger partial charge in [-0.15, -0.1) is 0 Å². The summed E-state index contributed by atoms with van der Waals surface area (Å²) in [6, 6.07) is 3.52. The third kappa shape index (κ3) is 2.62. The lowest BCUT2D eigenvalue weighted by molar-refractivity contribution is 0.605. The first-order chi connectivity index (χ1) is 7.46. The van der Waals surface area contributed by atoms with Crippen LogP contribution >= 0.6 is 15.9 Å². The molecule has 1 aliphatic rings. The highest BCUT2D eigenvalue weighted by Gasteiger charge is 2.21. The molecule has 2 rings (SSSR count). The van der Waals surface area contributed by atoms with Crippen LogP contribution in [-0.2, 0) is 9.84 Å². The fraction of sp³-hybridized carbons (Fsp3) is 0.300. The van der Waals surface area contributed by atoms with Crippen molar-refractivity contribution >= 4 is 31.6 Å². The fourth-order valence-corrected chi connectivity index (χ4v) is 2.94. The molecule has 1 atom stereocenters. The zero-order valence-corrected chi connectivity index (χ0v) is 11.0. The number of hydrogen-bond donors (Lipinski definition) is 1. The first-order valence-electron chi connectivity index (χ1n) is 4.77. The molecule has 0 amide bonds. The lowest BCUT2D eigenvalue weighted by Crippen LogP contribution is -2.21. The molecule has 0 aromatic carbocycles. The van der Waals surface area contributed by atoms with E-state index in [9.17, 15) is 8.42 Å². The molecule has 0 bridgehead atoms. The molecule has 1 N–H and O–H groups in total. The Kier molecular flexibility index (Phi) is 3.03. The van der Waals surface area contributed by atoms with E-state index < -0.39 is 9.84 Å². The Morgan fingerprint density at radius 3 is 2.81 bits per heavy atom. The smallest absolute Gasteiger partial charge is 0.173 e. The van der Waals surface area contributed by atoms with E-state index in [2.05, 4.69) is 26.2 Å². The van der Waals surface area contributed by atoms with Gasteiger partial charge in [-0.25, -0.2) is 13.4 Å². The van der Waals surface area contributed by atoms with Gasteiger partial charge >= 0.3 is 0 Å². The fourth-order valence-electron chi connectivity index (χ4n) is 1.48. The molecule has 16 heavy (non-hydrogen) atoms. The van der Waals surface area contributed by atoms with E-state index in [1.165, 1.54) is 5.41 Å². The van der Waals surface area contributed by atoms with Crippen molar-refractivity contribution in [3.63, 3.8) is 0 Å². The van der Waals surface area contributed by atoms with Crippen LogP contribution in [0.2, 0.25) is 0 Å². The maximum atomic E-state index is 11.2. The molecule has 0 spiro atoms. The van der Waals surface area contributed by atoms with Gasteiger partial charge < -0.3 is 5.32 Å². The molecule has 86 valence electrons. The predicted molar refractivity (Wildman–Crippen MR) is 67.0 cm³/mol. The van der Waals surface area contributed by atoms with Crippen molar-refractivity contribution in [2.24, 2.45) is 0 Å². The van der Waals surface area contributed by atoms with Gasteiger partial charge in [0.25, 0.3) is 0 Å². The average molecular weight is 303 g/mol. The van der Waals surface area contributed by atoms with Gasteiger partial charge in [0.15, 0.2) is 9.84 Å². The van der Waals surface area contributed by atoms with Crippen LogP contribution in [0.15, 0.2) is 28.1 Å². The number of pyridine rings is 1. The summed E-state index contributed by atoms with van der Waals surface area (Å²) < 4.78 is 23.3. The van der Waals surface area contributed by atoms with Crippen LogP contribution in [0.1, 0.15) is 5.69 Å². The quantitative estimate of drug-likeness (QED) is 0.906. The summed E-state index contributed by atoms with van der Waals surface area (Å²) in [5.41, 5.74) is 0.870. The Morgan fingerprint density at radius 2 is 2.25 bits per heavy atom. The maximum Gasteiger partial charge on any atom is 0.173 e. The highest BCUT2D eigenvalue weighted by Crippen LogP contribution is 2.18. The molecule has 1 aromatic rings. The van der Waals surface area contributed by atoms with Crippen LogP contribution in [0.5, 0.6) is 0 Å². The molecule has 1 aromatic heterocycles. The highest BCUT2D eigenvalue weighted by molar-refractivity contribution is 9.10. The van der Waals surface area contributed by atoms with Gasteiger partial charge in [0, 0.05) is 9.88 Å². The molecule has 0 aliphatic carbocycles. The molecule has 0 radical (unpaired) electrons. The molecule has 0 fully saturated rings. The van der Waals surface area contributed by atoms with Crippen LogP contribution in [0.3, 0.4) is 0 Å². The molecule has 0 saturated heterocycles. The lowest BCUT2D eigenvalue weighted by atomic mass is 10.3. The first-order valence-corrected chi connectivity index (χ1v) is 7.28. The molecule has 6 heteroatoms. The topological polar surface area (TPSA) is 59.1 Å². The van der Waals surface area contributed by atoms with Crippen molar-refractivity contribution in [3.05, 3.63) is 33.8 Å². The van der Waals surface area contributed by atoms with Gasteiger partial charge in [0.2, 0.25) is 0 Å². The summed E-state index contributed by atoms with van der Waals surface area (Å²) in [7, 11) is -3.01. The summed E-state index contributed by atoms with van der Waals surface area (Å²) in [6.07, 6.45) is 1.65. The summed E-state index contributed by atoms with van der Waals surface area (Å²) in [5.74, 6) is 0.788. The zero-order valence-electron chi connectivity index (χ0n) is 8.64. The Morgan fingerprint density at radius 1 is 1.50 bits per heavy atom. The molecule has 1 unspecified atom stereocenters. The first kappa shape index (κ1) is 11.6. The van der Waals surface area contributed by atoms with E-state index in [4.69, 9.17) is 0 Å². The average Bonchev–Trinajstić information content (AvgIpc) is 2.52. The normalized spacial score (nSPS) is 22.2. The minimum Gasteiger partial charge on any atom is -0.363 e. The van der Waals surface area contributed by atoms with Crippen molar-refractivity contribution in [2.75, 3.05) is 11.1 Å². The van der Waals surface area contributed by atoms with Gasteiger partial charge in [-0.2, -0.15) is 0 Å². The van der Waals surface area contributed by atoms with Crippen molar-refractivity contribution in [1.29, 1.82) is 0 Å². The number of rotatable bonds is 2. The number of aromatic nitrogens is 1. The SMILES string of the molecule is Cc1nc(NC2C=CS(=O)(=O)C2)ccc1Br. The van der Waals surface area contributed by atoms with Gasteiger partial charge in [-0.3, -0.25) is 0 Å². The molecule has 1 aliphatic heterocycles. The van der Waals surface area contributed by atoms with Crippen molar-refractivity contribution < 1.29 is 8.42 Å². The van der Waals surface area contributed by atoms with Crippen molar-refractivity contribution in [2.45, 2.75) is 13.0 Å². The highest BCUT2D eigenvalue weighted by atomic mass is 79.9. The summed E-state index contributed by atoms with van der Waals surface area (Å²) >= 11 is 3.36. The molecular formula is C10H11BrN2O2S. The van der Waals surface area contributed by atoms with Crippen molar-refractivity contribution in [1.82, 2.24) is 4.98 Å². The third-order valence-electron chi connectivity index (χ3n) is 2.28. The van der Waals surface area contributed by atoms with Crippen LogP contribution in [0.25, 0.3) is 0 Å². The van der Waals surface area contributed by atoms with Crippen LogP contribution < -0.4 is 5.32 Å². The van der Waals surface area contributed by atoms with E-state index in [0.29, 0.717) is 5.82 Å². The number of anilines is 1. The van der Waals surface area contributed by atoms with Gasteiger partial charge in [-0.1, -0.05) is 0 Å². The number of sulfone groups is 1. The van der Waals surface area contributed by atoms with Crippen LogP contribution in [-0.4, -0.2) is 25.2 Å². The number of nitrogens with one attached hydrogen (secondary N) is 1. The molecule has 0 saturated carbocycles. The summed E-state index contributed by atoms with van der Waals surface area (Å²) in [5, 5.41) is 4.31. The van der Waals surface area contributed by atoms with E-state index in [1.54, 1.807) is 6.08 Å². The van der Waals surface area contributed by atoms with E-state index in [-0.39, 0.29) is 11.8 Å². The van der Waals surface area contributed by atoms with E-state index in [0.717, 1.165) is 10.2 Å². The van der Waals surface area contributed by atoms with Crippen LogP contribution in [0.4, 0.5) is 5.82 Å². The Hall–Kier alpha value is -0.880. The largest absolute Gasteiger partial charge is 0.363 e. The number of aryl methyl sites for hydroxylation is 1. The second-order valence-electron chi connectivity index (χ2n) is 3.67. The minimum absolute atomic E-state index is 0.101. The van der Waals surface area contributed by atoms with E-state index >= 15 is 0 Å². The third-order valence-corrected chi connectivity index (χ3v) is 4.52. The molecular weight excluding hydrogens is 292 g/mol. The van der Waals surface area contributed by atoms with Gasteiger partial charge in [0.05, 0.1) is 17.5 Å². The number of hydrogen-bond acceptors (Lipinski definition) is 4. The lowest BCUT2D eigenvalue weighted by Gasteiger charge is -2.11. The Labute approximate surface area is 103 Å². The Bertz CT molecular complexity index is 540. The van der Waals surface area contributed by atoms with Gasteiger partial charge in [0.1, 0.15) is 5.82 Å². The van der Waals surface area contributed by atoms with Crippen LogP contribution in [0, 0.1) is 6.92 Å².